The van der Waals surface area contributed by atoms with E-state index in [1.807, 2.05) is 0 Å². The molecule has 3 aromatic rings. The molecule has 3 rings (SSSR count). The van der Waals surface area contributed by atoms with Crippen LogP contribution in [0, 0.1) is 25.5 Å². The third-order valence-corrected chi connectivity index (χ3v) is 4.87. The van der Waals surface area contributed by atoms with Gasteiger partial charge < -0.3 is 5.32 Å². The van der Waals surface area contributed by atoms with Crippen molar-refractivity contribution in [1.82, 2.24) is 4.98 Å². The highest BCUT2D eigenvalue weighted by Crippen LogP contribution is 2.33. The van der Waals surface area contributed by atoms with Crippen LogP contribution in [-0.4, -0.2) is 10.9 Å². The van der Waals surface area contributed by atoms with Crippen LogP contribution >= 0.6 is 11.3 Å². The highest BCUT2D eigenvalue weighted by molar-refractivity contribution is 7.13. The number of aromatic nitrogens is 1. The van der Waals surface area contributed by atoms with E-state index in [4.69, 9.17) is 0 Å². The third kappa shape index (κ3) is 3.85. The zero-order chi connectivity index (χ0) is 19.7. The lowest BCUT2D eigenvalue weighted by Crippen LogP contribution is -2.13. The number of thiazole rings is 1. The van der Waals surface area contributed by atoms with Gasteiger partial charge >= 0.3 is 0 Å². The van der Waals surface area contributed by atoms with E-state index in [9.17, 15) is 22.4 Å². The Kier molecular flexibility index (Phi) is 5.27. The number of hydrogen-bond donors (Lipinski definition) is 1. The highest BCUT2D eigenvalue weighted by atomic mass is 32.1. The first-order valence-electron chi connectivity index (χ1n) is 7.89. The number of anilines is 1. The maximum Gasteiger partial charge on any atom is 0.282 e. The Bertz CT molecular complexity index is 1020. The van der Waals surface area contributed by atoms with Crippen molar-refractivity contribution < 1.29 is 22.4 Å². The Morgan fingerprint density at radius 3 is 2.56 bits per heavy atom. The average molecular weight is 394 g/mol. The number of carbonyl (C=O) groups excluding carboxylic acids is 1. The minimum absolute atomic E-state index is 0.0966. The zero-order valence-corrected chi connectivity index (χ0v) is 15.1. The number of nitrogens with zero attached hydrogens (tertiary/aromatic N) is 1. The standard InChI is InChI=1S/C19H14F4N2OS/c1-9-4-3-5-12(15(9)21)13-8-11(20)6-7-14(13)25-19(26)17-16(18(22)23)24-10(2)27-17/h3-8,18H,1-2H3,(H,25,26). The Hall–Kier alpha value is -2.74. The lowest BCUT2D eigenvalue weighted by molar-refractivity contribution is 0.101. The Morgan fingerprint density at radius 2 is 1.85 bits per heavy atom. The van der Waals surface area contributed by atoms with E-state index < -0.39 is 29.7 Å². The van der Waals surface area contributed by atoms with Crippen molar-refractivity contribution in [2.75, 3.05) is 5.32 Å². The topological polar surface area (TPSA) is 42.0 Å². The summed E-state index contributed by atoms with van der Waals surface area (Å²) in [6, 6.07) is 8.06. The quantitative estimate of drug-likeness (QED) is 0.560. The first-order valence-corrected chi connectivity index (χ1v) is 8.71. The molecule has 1 N–H and O–H groups in total. The molecule has 0 bridgehead atoms. The fourth-order valence-electron chi connectivity index (χ4n) is 2.64. The smallest absolute Gasteiger partial charge is 0.282 e. The average Bonchev–Trinajstić information content (AvgIpc) is 3.01. The molecule has 1 aromatic heterocycles. The van der Waals surface area contributed by atoms with Crippen LogP contribution in [-0.2, 0) is 0 Å². The van der Waals surface area contributed by atoms with Gasteiger partial charge in [-0.15, -0.1) is 11.3 Å². The maximum atomic E-state index is 14.5. The summed E-state index contributed by atoms with van der Waals surface area (Å²) in [4.78, 5) is 16.0. The second-order valence-electron chi connectivity index (χ2n) is 5.83. The summed E-state index contributed by atoms with van der Waals surface area (Å²) in [5.41, 5.74) is 0.0634. The molecule has 0 aliphatic rings. The predicted molar refractivity (Wildman–Crippen MR) is 96.3 cm³/mol. The summed E-state index contributed by atoms with van der Waals surface area (Å²) in [5, 5.41) is 2.79. The molecule has 27 heavy (non-hydrogen) atoms. The molecule has 0 saturated heterocycles. The normalized spacial score (nSPS) is 11.1. The van der Waals surface area contributed by atoms with Crippen LogP contribution in [0.25, 0.3) is 11.1 Å². The van der Waals surface area contributed by atoms with Gasteiger partial charge in [-0.3, -0.25) is 4.79 Å². The van der Waals surface area contributed by atoms with E-state index in [2.05, 4.69) is 10.3 Å². The van der Waals surface area contributed by atoms with E-state index >= 15 is 0 Å². The lowest BCUT2D eigenvalue weighted by Gasteiger charge is -2.13. The summed E-state index contributed by atoms with van der Waals surface area (Å²) >= 11 is 0.829. The number of alkyl halides is 2. The molecule has 0 radical (unpaired) electrons. The number of aryl methyl sites for hydroxylation is 2. The number of hydrogen-bond acceptors (Lipinski definition) is 3. The van der Waals surface area contributed by atoms with E-state index in [-0.39, 0.29) is 21.7 Å². The van der Waals surface area contributed by atoms with Gasteiger partial charge in [-0.25, -0.2) is 22.5 Å². The van der Waals surface area contributed by atoms with Crippen LogP contribution in [0.3, 0.4) is 0 Å². The molecule has 8 heteroatoms. The molecule has 1 heterocycles. The van der Waals surface area contributed by atoms with Gasteiger partial charge in [0.15, 0.2) is 0 Å². The Balaban J connectivity index is 2.04. The van der Waals surface area contributed by atoms with Gasteiger partial charge in [0.05, 0.1) is 5.01 Å². The summed E-state index contributed by atoms with van der Waals surface area (Å²) in [6.45, 7) is 3.07. The van der Waals surface area contributed by atoms with Crippen LogP contribution in [0.2, 0.25) is 0 Å². The van der Waals surface area contributed by atoms with E-state index in [0.717, 1.165) is 23.5 Å². The molecule has 0 aliphatic heterocycles. The molecule has 0 fully saturated rings. The SMILES string of the molecule is Cc1nc(C(F)F)c(C(=O)Nc2ccc(F)cc2-c2cccc(C)c2F)s1. The van der Waals surface area contributed by atoms with E-state index in [1.54, 1.807) is 19.1 Å². The van der Waals surface area contributed by atoms with Crippen molar-refractivity contribution in [2.24, 2.45) is 0 Å². The van der Waals surface area contributed by atoms with Crippen molar-refractivity contribution >= 4 is 22.9 Å². The molecular weight excluding hydrogens is 380 g/mol. The van der Waals surface area contributed by atoms with Crippen molar-refractivity contribution in [3.63, 3.8) is 0 Å². The monoisotopic (exact) mass is 394 g/mol. The molecule has 1 amide bonds. The molecule has 0 atom stereocenters. The fraction of sp³-hybridized carbons (Fsp3) is 0.158. The number of nitrogens with one attached hydrogen (secondary N) is 1. The van der Waals surface area contributed by atoms with Gasteiger partial charge in [0.2, 0.25) is 0 Å². The van der Waals surface area contributed by atoms with Crippen LogP contribution in [0.1, 0.15) is 32.4 Å². The van der Waals surface area contributed by atoms with Gasteiger partial charge in [0.25, 0.3) is 12.3 Å². The summed E-state index contributed by atoms with van der Waals surface area (Å²) in [7, 11) is 0. The largest absolute Gasteiger partial charge is 0.321 e. The minimum Gasteiger partial charge on any atom is -0.321 e. The molecule has 0 aliphatic carbocycles. The molecule has 0 saturated carbocycles. The number of rotatable bonds is 4. The summed E-state index contributed by atoms with van der Waals surface area (Å²) < 4.78 is 54.4. The number of benzene rings is 2. The van der Waals surface area contributed by atoms with Crippen LogP contribution < -0.4 is 5.32 Å². The second kappa shape index (κ2) is 7.48. The summed E-state index contributed by atoms with van der Waals surface area (Å²) in [6.07, 6.45) is -2.90. The highest BCUT2D eigenvalue weighted by Gasteiger charge is 2.24. The number of halogens is 4. The fourth-order valence-corrected chi connectivity index (χ4v) is 3.46. The van der Waals surface area contributed by atoms with Gasteiger partial charge in [-0.2, -0.15) is 0 Å². The van der Waals surface area contributed by atoms with Gasteiger partial charge in [0.1, 0.15) is 22.2 Å². The predicted octanol–water partition coefficient (Wildman–Crippen LogP) is 5.90. The zero-order valence-electron chi connectivity index (χ0n) is 14.3. The van der Waals surface area contributed by atoms with Crippen LogP contribution in [0.4, 0.5) is 23.2 Å². The third-order valence-electron chi connectivity index (χ3n) is 3.89. The van der Waals surface area contributed by atoms with E-state index in [1.165, 1.54) is 19.1 Å². The second-order valence-corrected chi connectivity index (χ2v) is 7.03. The molecule has 2 aromatic carbocycles. The van der Waals surface area contributed by atoms with E-state index in [0.29, 0.717) is 10.6 Å². The molecule has 140 valence electrons. The molecular formula is C19H14F4N2OS. The van der Waals surface area contributed by atoms with Crippen molar-refractivity contribution in [3.8, 4) is 11.1 Å². The van der Waals surface area contributed by atoms with Crippen LogP contribution in [0.5, 0.6) is 0 Å². The first kappa shape index (κ1) is 19.0. The Labute approximate surface area is 156 Å². The van der Waals surface area contributed by atoms with Gasteiger partial charge in [0, 0.05) is 16.8 Å². The number of amides is 1. The Morgan fingerprint density at radius 1 is 1.11 bits per heavy atom. The van der Waals surface area contributed by atoms with Crippen LogP contribution in [0.15, 0.2) is 36.4 Å². The lowest BCUT2D eigenvalue weighted by atomic mass is 10.0. The maximum absolute atomic E-state index is 14.5. The van der Waals surface area contributed by atoms with Crippen molar-refractivity contribution in [3.05, 3.63) is 69.2 Å². The molecule has 0 unspecified atom stereocenters. The van der Waals surface area contributed by atoms with Crippen molar-refractivity contribution in [1.29, 1.82) is 0 Å². The minimum atomic E-state index is -2.90. The van der Waals surface area contributed by atoms with Crippen molar-refractivity contribution in [2.45, 2.75) is 20.3 Å². The van der Waals surface area contributed by atoms with Gasteiger partial charge in [-0.1, -0.05) is 18.2 Å². The number of carbonyl (C=O) groups is 1. The summed E-state index contributed by atoms with van der Waals surface area (Å²) in [5.74, 6) is -1.98. The van der Waals surface area contributed by atoms with Gasteiger partial charge in [-0.05, 0) is 37.6 Å². The first-order chi connectivity index (χ1) is 12.8. The molecule has 0 spiro atoms. The molecule has 3 nitrogen and oxygen atoms in total.